The molecular formula is C17H32O2S. The number of rotatable bonds is 12. The van der Waals surface area contributed by atoms with Crippen molar-refractivity contribution in [3.8, 4) is 0 Å². The molecule has 0 amide bonds. The smallest absolute Gasteiger partial charge is 0.313 e. The van der Waals surface area contributed by atoms with E-state index in [9.17, 15) is 4.79 Å². The van der Waals surface area contributed by atoms with Gasteiger partial charge in [0.1, 0.15) is 0 Å². The monoisotopic (exact) mass is 300 g/mol. The lowest BCUT2D eigenvalue weighted by molar-refractivity contribution is -0.133. The summed E-state index contributed by atoms with van der Waals surface area (Å²) in [4.78, 5) is 10.4. The fourth-order valence-corrected chi connectivity index (χ4v) is 3.09. The minimum absolute atomic E-state index is 0.244. The van der Waals surface area contributed by atoms with E-state index in [2.05, 4.69) is 33.8 Å². The van der Waals surface area contributed by atoms with Crippen LogP contribution in [0.25, 0.3) is 0 Å². The van der Waals surface area contributed by atoms with E-state index in [1.165, 1.54) is 49.4 Å². The normalized spacial score (nSPS) is 13.8. The van der Waals surface area contributed by atoms with Crippen molar-refractivity contribution in [2.24, 2.45) is 11.8 Å². The van der Waals surface area contributed by atoms with Gasteiger partial charge in [-0.05, 0) is 50.7 Å². The average molecular weight is 301 g/mol. The molecule has 1 N–H and O–H groups in total. The predicted octanol–water partition coefficient (Wildman–Crippen LogP) is 5.38. The molecule has 0 aliphatic carbocycles. The van der Waals surface area contributed by atoms with Crippen molar-refractivity contribution >= 4 is 17.7 Å². The number of allylic oxidation sites excluding steroid dienone is 2. The van der Waals surface area contributed by atoms with Crippen LogP contribution in [0, 0.1) is 11.8 Å². The van der Waals surface area contributed by atoms with E-state index >= 15 is 0 Å². The van der Waals surface area contributed by atoms with Gasteiger partial charge in [0.05, 0.1) is 5.75 Å². The summed E-state index contributed by atoms with van der Waals surface area (Å²) in [5.41, 5.74) is 1.42. The van der Waals surface area contributed by atoms with Crippen molar-refractivity contribution in [1.82, 2.24) is 0 Å². The second-order valence-electron chi connectivity index (χ2n) is 6.24. The first-order valence-electron chi connectivity index (χ1n) is 7.84. The lowest BCUT2D eigenvalue weighted by atomic mass is 9.94. The van der Waals surface area contributed by atoms with Crippen LogP contribution in [0.2, 0.25) is 0 Å². The maximum Gasteiger partial charge on any atom is 0.313 e. The van der Waals surface area contributed by atoms with Gasteiger partial charge in [0.2, 0.25) is 0 Å². The highest BCUT2D eigenvalue weighted by Crippen LogP contribution is 2.20. The predicted molar refractivity (Wildman–Crippen MR) is 90.4 cm³/mol. The van der Waals surface area contributed by atoms with Gasteiger partial charge in [-0.15, -0.1) is 0 Å². The molecule has 0 saturated carbocycles. The Morgan fingerprint density at radius 3 is 2.25 bits per heavy atom. The van der Waals surface area contributed by atoms with Crippen LogP contribution >= 0.6 is 11.8 Å². The Kier molecular flexibility index (Phi) is 12.0. The third-order valence-corrected chi connectivity index (χ3v) is 4.56. The number of carboxylic acids is 1. The lowest BCUT2D eigenvalue weighted by Crippen LogP contribution is -2.02. The van der Waals surface area contributed by atoms with Crippen molar-refractivity contribution in [1.29, 1.82) is 0 Å². The maximum absolute atomic E-state index is 10.4. The molecule has 0 aliphatic rings. The number of carboxylic acid groups (broad SMARTS) is 1. The van der Waals surface area contributed by atoms with Crippen LogP contribution < -0.4 is 0 Å². The molecule has 2 unspecified atom stereocenters. The Morgan fingerprint density at radius 2 is 1.70 bits per heavy atom. The summed E-state index contributed by atoms with van der Waals surface area (Å²) < 4.78 is 0. The van der Waals surface area contributed by atoms with Crippen molar-refractivity contribution in [2.75, 3.05) is 11.5 Å². The van der Waals surface area contributed by atoms with Crippen LogP contribution in [-0.2, 0) is 4.79 Å². The van der Waals surface area contributed by atoms with Gasteiger partial charge in [-0.25, -0.2) is 0 Å². The van der Waals surface area contributed by atoms with Gasteiger partial charge in [0, 0.05) is 0 Å². The van der Waals surface area contributed by atoms with Gasteiger partial charge < -0.3 is 5.11 Å². The van der Waals surface area contributed by atoms with Crippen molar-refractivity contribution in [3.63, 3.8) is 0 Å². The minimum Gasteiger partial charge on any atom is -0.481 e. The number of carbonyl (C=O) groups is 1. The van der Waals surface area contributed by atoms with Crippen molar-refractivity contribution in [2.45, 2.75) is 66.2 Å². The molecule has 0 fully saturated rings. The molecule has 0 saturated heterocycles. The zero-order valence-corrected chi connectivity index (χ0v) is 14.5. The van der Waals surface area contributed by atoms with Crippen LogP contribution in [0.1, 0.15) is 66.2 Å². The second-order valence-corrected chi connectivity index (χ2v) is 7.34. The summed E-state index contributed by atoms with van der Waals surface area (Å²) in [5, 5.41) is 8.56. The minimum atomic E-state index is -0.701. The molecule has 0 rings (SSSR count). The van der Waals surface area contributed by atoms with Crippen molar-refractivity contribution < 1.29 is 9.90 Å². The van der Waals surface area contributed by atoms with Crippen LogP contribution in [0.5, 0.6) is 0 Å². The molecule has 0 aromatic heterocycles. The summed E-state index contributed by atoms with van der Waals surface area (Å²) in [6.07, 6.45) is 9.90. The quantitative estimate of drug-likeness (QED) is 0.388. The third kappa shape index (κ3) is 14.0. The summed E-state index contributed by atoms with van der Waals surface area (Å²) in [6, 6.07) is 0. The first-order valence-corrected chi connectivity index (χ1v) is 9.00. The number of aliphatic carboxylic acids is 1. The van der Waals surface area contributed by atoms with Gasteiger partial charge in [-0.2, -0.15) is 11.8 Å². The fraction of sp³-hybridized carbons (Fsp3) is 0.824. The summed E-state index contributed by atoms with van der Waals surface area (Å²) in [5.74, 6) is 2.06. The Balaban J connectivity index is 3.48. The van der Waals surface area contributed by atoms with E-state index in [-0.39, 0.29) is 5.75 Å². The molecule has 0 heterocycles. The molecule has 2 nitrogen and oxygen atoms in total. The molecule has 118 valence electrons. The van der Waals surface area contributed by atoms with E-state index in [1.807, 2.05) is 0 Å². The second kappa shape index (κ2) is 12.3. The topological polar surface area (TPSA) is 37.3 Å². The number of hydrogen-bond donors (Lipinski definition) is 1. The van der Waals surface area contributed by atoms with Crippen molar-refractivity contribution in [3.05, 3.63) is 11.6 Å². The molecule has 20 heavy (non-hydrogen) atoms. The molecular weight excluding hydrogens is 268 g/mol. The fourth-order valence-electron chi connectivity index (χ4n) is 2.20. The average Bonchev–Trinajstić information content (AvgIpc) is 2.34. The first kappa shape index (κ1) is 19.6. The van der Waals surface area contributed by atoms with E-state index in [4.69, 9.17) is 5.11 Å². The van der Waals surface area contributed by atoms with E-state index in [1.54, 1.807) is 0 Å². The van der Waals surface area contributed by atoms with Gasteiger partial charge >= 0.3 is 5.97 Å². The van der Waals surface area contributed by atoms with E-state index in [0.717, 1.165) is 24.0 Å². The zero-order chi connectivity index (χ0) is 15.4. The molecule has 0 bridgehead atoms. The van der Waals surface area contributed by atoms with Gasteiger partial charge in [-0.3, -0.25) is 4.79 Å². The Hall–Kier alpha value is -0.440. The Labute approximate surface area is 129 Å². The standard InChI is InChI=1S/C17H32O2S/c1-14(2)7-5-8-15(3)9-6-10-16(4)11-12-20-13-17(18)19/h7,15-16H,5-6,8-13H2,1-4H3,(H,18,19). The number of thioether (sulfide) groups is 1. The molecule has 0 aliphatic heterocycles. The molecule has 3 heteroatoms. The maximum atomic E-state index is 10.4. The number of hydrogen-bond acceptors (Lipinski definition) is 2. The SMILES string of the molecule is CC(C)=CCCC(C)CCCC(C)CCSCC(=O)O. The Bertz CT molecular complexity index is 283. The lowest BCUT2D eigenvalue weighted by Gasteiger charge is -2.13. The summed E-state index contributed by atoms with van der Waals surface area (Å²) in [7, 11) is 0. The highest BCUT2D eigenvalue weighted by atomic mass is 32.2. The first-order chi connectivity index (χ1) is 9.41. The molecule has 0 spiro atoms. The highest BCUT2D eigenvalue weighted by molar-refractivity contribution is 7.99. The highest BCUT2D eigenvalue weighted by Gasteiger charge is 2.06. The molecule has 0 aromatic rings. The zero-order valence-electron chi connectivity index (χ0n) is 13.7. The van der Waals surface area contributed by atoms with Crippen LogP contribution in [0.15, 0.2) is 11.6 Å². The molecule has 0 aromatic carbocycles. The van der Waals surface area contributed by atoms with Gasteiger partial charge in [0.25, 0.3) is 0 Å². The van der Waals surface area contributed by atoms with E-state index < -0.39 is 5.97 Å². The van der Waals surface area contributed by atoms with Gasteiger partial charge in [0.15, 0.2) is 0 Å². The Morgan fingerprint density at radius 1 is 1.10 bits per heavy atom. The largest absolute Gasteiger partial charge is 0.481 e. The summed E-state index contributed by atoms with van der Waals surface area (Å²) in [6.45, 7) is 8.96. The van der Waals surface area contributed by atoms with Gasteiger partial charge in [-0.1, -0.05) is 44.8 Å². The summed E-state index contributed by atoms with van der Waals surface area (Å²) >= 11 is 1.54. The van der Waals surface area contributed by atoms with Crippen LogP contribution in [0.3, 0.4) is 0 Å². The van der Waals surface area contributed by atoms with E-state index in [0.29, 0.717) is 0 Å². The van der Waals surface area contributed by atoms with Crippen LogP contribution in [-0.4, -0.2) is 22.6 Å². The van der Waals surface area contributed by atoms with Crippen LogP contribution in [0.4, 0.5) is 0 Å². The third-order valence-electron chi connectivity index (χ3n) is 3.59. The molecule has 0 radical (unpaired) electrons. The molecule has 2 atom stereocenters.